The minimum Gasteiger partial charge on any atom is -0.357 e. The first-order valence-electron chi connectivity index (χ1n) is 12.0. The lowest BCUT2D eigenvalue weighted by Gasteiger charge is -2.38. The summed E-state index contributed by atoms with van der Waals surface area (Å²) in [5.74, 6) is 0. The first-order chi connectivity index (χ1) is 16.6. The Labute approximate surface area is 205 Å². The summed E-state index contributed by atoms with van der Waals surface area (Å²) >= 11 is 3.58. The first-order valence-corrected chi connectivity index (χ1v) is 12.8. The van der Waals surface area contributed by atoms with Crippen LogP contribution in [0.3, 0.4) is 0 Å². The number of likely N-dealkylation sites (tertiary alicyclic amines) is 1. The van der Waals surface area contributed by atoms with Gasteiger partial charge < -0.3 is 4.98 Å². The highest BCUT2D eigenvalue weighted by molar-refractivity contribution is 9.10. The average Bonchev–Trinajstić information content (AvgIpc) is 3.58. The largest absolute Gasteiger partial charge is 0.357 e. The van der Waals surface area contributed by atoms with Crippen molar-refractivity contribution in [2.45, 2.75) is 38.8 Å². The molecule has 4 heterocycles. The second-order valence-corrected chi connectivity index (χ2v) is 11.0. The molecule has 2 aliphatic rings. The molecule has 0 bridgehead atoms. The van der Waals surface area contributed by atoms with Crippen LogP contribution in [0, 0.1) is 5.41 Å². The minimum atomic E-state index is 0.648. The third-order valence-electron chi connectivity index (χ3n) is 7.75. The molecular weight excluding hydrogens is 490 g/mol. The topological polar surface area (TPSA) is 78.4 Å². The second kappa shape index (κ2) is 7.78. The van der Waals surface area contributed by atoms with Crippen LogP contribution < -0.4 is 0 Å². The van der Waals surface area contributed by atoms with E-state index in [1.165, 1.54) is 60.9 Å². The number of nitrogens with one attached hydrogen (secondary N) is 2. The third kappa shape index (κ3) is 3.56. The molecule has 34 heavy (non-hydrogen) atoms. The zero-order valence-electron chi connectivity index (χ0n) is 18.9. The van der Waals surface area contributed by atoms with E-state index in [0.29, 0.717) is 12.0 Å². The van der Waals surface area contributed by atoms with Gasteiger partial charge in [0, 0.05) is 39.7 Å². The summed E-state index contributed by atoms with van der Waals surface area (Å²) in [5, 5.41) is 18.3. The number of aromatic nitrogens is 6. The van der Waals surface area contributed by atoms with E-state index in [2.05, 4.69) is 76.7 Å². The van der Waals surface area contributed by atoms with E-state index < -0.39 is 0 Å². The maximum absolute atomic E-state index is 4.44. The maximum atomic E-state index is 4.44. The Kier molecular flexibility index (Phi) is 4.67. The van der Waals surface area contributed by atoms with Gasteiger partial charge in [-0.15, -0.1) is 5.10 Å². The van der Waals surface area contributed by atoms with E-state index in [9.17, 15) is 0 Å². The SMILES string of the molecule is Brc1cc(-c2cn(Cc3ccc4cc(CN5CCC6(CCC6)C5)[nH]c4c3)nn2)c2cn[nH]c2c1. The van der Waals surface area contributed by atoms with E-state index in [1.54, 1.807) is 0 Å². The van der Waals surface area contributed by atoms with Crippen LogP contribution in [0.5, 0.6) is 0 Å². The Hall–Kier alpha value is -2.97. The van der Waals surface area contributed by atoms with Crippen LogP contribution in [-0.2, 0) is 13.1 Å². The van der Waals surface area contributed by atoms with Crippen LogP contribution in [0.15, 0.2) is 53.3 Å². The number of H-pyrrole nitrogens is 2. The normalized spacial score (nSPS) is 17.8. The molecule has 1 spiro atoms. The van der Waals surface area contributed by atoms with Crippen LogP contribution in [0.1, 0.15) is 36.9 Å². The molecule has 3 aromatic heterocycles. The lowest BCUT2D eigenvalue weighted by molar-refractivity contribution is 0.137. The number of aromatic amines is 2. The molecular formula is C26H26BrN7. The van der Waals surface area contributed by atoms with Gasteiger partial charge in [0.2, 0.25) is 0 Å². The van der Waals surface area contributed by atoms with E-state index in [4.69, 9.17) is 0 Å². The fraction of sp³-hybridized carbons (Fsp3) is 0.346. The summed E-state index contributed by atoms with van der Waals surface area (Å²) < 4.78 is 2.88. The Morgan fingerprint density at radius 3 is 2.82 bits per heavy atom. The van der Waals surface area contributed by atoms with Gasteiger partial charge in [-0.1, -0.05) is 39.7 Å². The van der Waals surface area contributed by atoms with Gasteiger partial charge in [-0.2, -0.15) is 5.10 Å². The molecule has 7 rings (SSSR count). The highest BCUT2D eigenvalue weighted by Gasteiger charge is 2.42. The first kappa shape index (κ1) is 20.4. The smallest absolute Gasteiger partial charge is 0.113 e. The predicted octanol–water partition coefficient (Wildman–Crippen LogP) is 5.49. The van der Waals surface area contributed by atoms with Gasteiger partial charge in [-0.05, 0) is 66.4 Å². The van der Waals surface area contributed by atoms with Crippen LogP contribution in [0.4, 0.5) is 0 Å². The van der Waals surface area contributed by atoms with Crippen molar-refractivity contribution in [1.82, 2.24) is 35.1 Å². The number of halogens is 1. The van der Waals surface area contributed by atoms with Gasteiger partial charge in [-0.25, -0.2) is 4.68 Å². The Morgan fingerprint density at radius 2 is 1.97 bits per heavy atom. The van der Waals surface area contributed by atoms with Crippen molar-refractivity contribution in [1.29, 1.82) is 0 Å². The highest BCUT2D eigenvalue weighted by Crippen LogP contribution is 2.48. The van der Waals surface area contributed by atoms with E-state index in [1.807, 2.05) is 23.1 Å². The molecule has 0 atom stereocenters. The highest BCUT2D eigenvalue weighted by atomic mass is 79.9. The van der Waals surface area contributed by atoms with E-state index in [0.717, 1.165) is 33.2 Å². The number of benzene rings is 2. The van der Waals surface area contributed by atoms with Gasteiger partial charge in [-0.3, -0.25) is 10.00 Å². The second-order valence-electron chi connectivity index (χ2n) is 10.1. The predicted molar refractivity (Wildman–Crippen MR) is 136 cm³/mol. The summed E-state index contributed by atoms with van der Waals surface area (Å²) in [4.78, 5) is 6.29. The maximum Gasteiger partial charge on any atom is 0.113 e. The molecule has 2 fully saturated rings. The molecule has 8 heteroatoms. The lowest BCUT2D eigenvalue weighted by atomic mass is 9.68. The molecule has 1 saturated carbocycles. The standard InChI is InChI=1S/C26H26BrN7/c27-19-10-21(22-12-28-30-24(22)11-19)25-15-34(32-31-25)13-17-2-3-18-9-20(29-23(18)8-17)14-33-7-6-26(16-33)4-1-5-26/h2-3,8-12,15,29H,1,4-7,13-14,16H2,(H,28,30). The van der Waals surface area contributed by atoms with Crippen molar-refractivity contribution >= 4 is 37.7 Å². The summed E-state index contributed by atoms with van der Waals surface area (Å²) in [5.41, 5.74) is 7.18. The van der Waals surface area contributed by atoms with Crippen molar-refractivity contribution in [2.24, 2.45) is 5.41 Å². The Balaban J connectivity index is 1.09. The quantitative estimate of drug-likeness (QED) is 0.324. The van der Waals surface area contributed by atoms with Gasteiger partial charge in [0.05, 0.1) is 24.5 Å². The molecule has 172 valence electrons. The third-order valence-corrected chi connectivity index (χ3v) is 8.21. The molecule has 7 nitrogen and oxygen atoms in total. The molecule has 2 N–H and O–H groups in total. The lowest BCUT2D eigenvalue weighted by Crippen LogP contribution is -2.32. The van der Waals surface area contributed by atoms with Crippen molar-refractivity contribution in [3.63, 3.8) is 0 Å². The number of fused-ring (bicyclic) bond motifs is 2. The monoisotopic (exact) mass is 515 g/mol. The molecule has 1 saturated heterocycles. The Morgan fingerprint density at radius 1 is 1.03 bits per heavy atom. The van der Waals surface area contributed by atoms with Crippen molar-refractivity contribution in [3.8, 4) is 11.3 Å². The number of rotatable bonds is 5. The zero-order chi connectivity index (χ0) is 22.7. The molecule has 2 aromatic carbocycles. The number of hydrogen-bond acceptors (Lipinski definition) is 4. The van der Waals surface area contributed by atoms with Crippen LogP contribution >= 0.6 is 15.9 Å². The van der Waals surface area contributed by atoms with Gasteiger partial charge >= 0.3 is 0 Å². The molecule has 1 aliphatic heterocycles. The fourth-order valence-electron chi connectivity index (χ4n) is 5.82. The van der Waals surface area contributed by atoms with E-state index in [-0.39, 0.29) is 0 Å². The van der Waals surface area contributed by atoms with Gasteiger partial charge in [0.25, 0.3) is 0 Å². The van der Waals surface area contributed by atoms with Gasteiger partial charge in [0.15, 0.2) is 0 Å². The van der Waals surface area contributed by atoms with Crippen LogP contribution in [0.25, 0.3) is 33.1 Å². The molecule has 1 aliphatic carbocycles. The van der Waals surface area contributed by atoms with Crippen molar-refractivity contribution in [3.05, 3.63) is 64.5 Å². The fourth-order valence-corrected chi connectivity index (χ4v) is 6.28. The van der Waals surface area contributed by atoms with Crippen LogP contribution in [0.2, 0.25) is 0 Å². The zero-order valence-corrected chi connectivity index (χ0v) is 20.5. The summed E-state index contributed by atoms with van der Waals surface area (Å²) in [6, 6.07) is 13.0. The van der Waals surface area contributed by atoms with Crippen molar-refractivity contribution in [2.75, 3.05) is 13.1 Å². The number of nitrogens with zero attached hydrogens (tertiary/aromatic N) is 5. The Bertz CT molecular complexity index is 1510. The van der Waals surface area contributed by atoms with Crippen molar-refractivity contribution < 1.29 is 0 Å². The van der Waals surface area contributed by atoms with Gasteiger partial charge in [0.1, 0.15) is 5.69 Å². The summed E-state index contributed by atoms with van der Waals surface area (Å²) in [6.45, 7) is 4.20. The average molecular weight is 516 g/mol. The number of hydrogen-bond donors (Lipinski definition) is 2. The summed E-state index contributed by atoms with van der Waals surface area (Å²) in [7, 11) is 0. The van der Waals surface area contributed by atoms with Crippen LogP contribution in [-0.4, -0.2) is 48.2 Å². The molecule has 0 unspecified atom stereocenters. The molecule has 5 aromatic rings. The summed E-state index contributed by atoms with van der Waals surface area (Å²) in [6.07, 6.45) is 9.50. The molecule has 0 amide bonds. The minimum absolute atomic E-state index is 0.648. The molecule has 0 radical (unpaired) electrons. The van der Waals surface area contributed by atoms with E-state index >= 15 is 0 Å².